The number of hydrogen-bond donors (Lipinski definition) is 4. The summed E-state index contributed by atoms with van der Waals surface area (Å²) < 4.78 is 2.12. The Kier molecular flexibility index (Phi) is 13.7. The maximum Gasteiger partial charge on any atom is 0.253 e. The Labute approximate surface area is 245 Å². The molecule has 0 fully saturated rings. The van der Waals surface area contributed by atoms with Gasteiger partial charge in [-0.05, 0) is 42.7 Å². The van der Waals surface area contributed by atoms with E-state index in [-0.39, 0.29) is 42.0 Å². The van der Waals surface area contributed by atoms with E-state index in [9.17, 15) is 14.7 Å². The molecule has 220 valence electrons. The third kappa shape index (κ3) is 9.36. The summed E-state index contributed by atoms with van der Waals surface area (Å²) in [7, 11) is 0. The van der Waals surface area contributed by atoms with Crippen LogP contribution in [0.2, 0.25) is 0 Å². The highest BCUT2D eigenvalue weighted by Crippen LogP contribution is 2.24. The van der Waals surface area contributed by atoms with Crippen LogP contribution in [-0.4, -0.2) is 46.7 Å². The number of carbonyl (C=O) groups is 2. The number of fused-ring (bicyclic) bond motifs is 1. The van der Waals surface area contributed by atoms with Gasteiger partial charge in [-0.1, -0.05) is 82.6 Å². The third-order valence-electron chi connectivity index (χ3n) is 7.64. The van der Waals surface area contributed by atoms with Gasteiger partial charge in [-0.3, -0.25) is 9.59 Å². The van der Waals surface area contributed by atoms with Crippen LogP contribution in [0, 0.1) is 17.8 Å². The largest absolute Gasteiger partial charge is 0.391 e. The van der Waals surface area contributed by atoms with Crippen LogP contribution < -0.4 is 16.4 Å². The topological polar surface area (TPSA) is 109 Å². The Morgan fingerprint density at radius 1 is 0.975 bits per heavy atom. The van der Waals surface area contributed by atoms with Crippen LogP contribution >= 0.6 is 12.4 Å². The lowest BCUT2D eigenvalue weighted by molar-refractivity contribution is -0.125. The second-order valence-corrected chi connectivity index (χ2v) is 11.1. The van der Waals surface area contributed by atoms with Gasteiger partial charge in [0, 0.05) is 48.7 Å². The molecule has 4 atom stereocenters. The van der Waals surface area contributed by atoms with Crippen molar-refractivity contribution in [2.75, 3.05) is 13.1 Å². The maximum absolute atomic E-state index is 13.4. The monoisotopic (exact) mass is 570 g/mol. The normalized spacial score (nSPS) is 14.3. The number of amides is 2. The van der Waals surface area contributed by atoms with E-state index in [2.05, 4.69) is 48.1 Å². The smallest absolute Gasteiger partial charge is 0.253 e. The Morgan fingerprint density at radius 3 is 2.33 bits per heavy atom. The van der Waals surface area contributed by atoms with Crippen LogP contribution in [0.3, 0.4) is 0 Å². The molecule has 1 aromatic heterocycles. The van der Waals surface area contributed by atoms with Crippen molar-refractivity contribution in [3.05, 3.63) is 71.9 Å². The minimum Gasteiger partial charge on any atom is -0.391 e. The van der Waals surface area contributed by atoms with Crippen molar-refractivity contribution in [1.82, 2.24) is 15.2 Å². The number of rotatable bonds is 15. The van der Waals surface area contributed by atoms with Crippen molar-refractivity contribution < 1.29 is 14.7 Å². The summed E-state index contributed by atoms with van der Waals surface area (Å²) in [6, 6.07) is 17.7. The number of aliphatic hydroxyl groups excluding tert-OH is 1. The quantitative estimate of drug-likeness (QED) is 0.190. The molecule has 3 rings (SSSR count). The number of hydrogen-bond acceptors (Lipinski definition) is 4. The third-order valence-corrected chi connectivity index (χ3v) is 7.64. The summed E-state index contributed by atoms with van der Waals surface area (Å²) in [6.07, 6.45) is 3.97. The van der Waals surface area contributed by atoms with Gasteiger partial charge in [0.05, 0.1) is 11.7 Å². The number of aliphatic hydroxyl groups is 1. The molecule has 2 amide bonds. The Morgan fingerprint density at radius 2 is 1.65 bits per heavy atom. The van der Waals surface area contributed by atoms with Crippen molar-refractivity contribution in [3.63, 3.8) is 0 Å². The minimum atomic E-state index is -0.787. The number of para-hydroxylation sites is 1. The van der Waals surface area contributed by atoms with E-state index in [1.807, 2.05) is 55.6 Å². The molecule has 8 heteroatoms. The maximum atomic E-state index is 13.4. The number of nitrogens with one attached hydrogen (secondary N) is 2. The summed E-state index contributed by atoms with van der Waals surface area (Å²) in [5.41, 5.74) is 9.24. The van der Waals surface area contributed by atoms with Crippen molar-refractivity contribution >= 4 is 35.1 Å². The molecule has 0 radical (unpaired) electrons. The van der Waals surface area contributed by atoms with Crippen molar-refractivity contribution in [2.24, 2.45) is 23.5 Å². The molecule has 40 heavy (non-hydrogen) atoms. The molecule has 0 aliphatic carbocycles. The van der Waals surface area contributed by atoms with Crippen LogP contribution in [0.5, 0.6) is 0 Å². The van der Waals surface area contributed by atoms with E-state index in [1.165, 1.54) is 5.56 Å². The molecule has 0 saturated carbocycles. The first-order valence-electron chi connectivity index (χ1n) is 14.3. The zero-order chi connectivity index (χ0) is 28.4. The fourth-order valence-corrected chi connectivity index (χ4v) is 4.96. The minimum absolute atomic E-state index is 0. The van der Waals surface area contributed by atoms with Gasteiger partial charge in [-0.15, -0.1) is 12.4 Å². The zero-order valence-corrected chi connectivity index (χ0v) is 25.1. The molecule has 0 saturated heterocycles. The molecule has 0 aliphatic rings. The summed E-state index contributed by atoms with van der Waals surface area (Å²) in [4.78, 5) is 25.7. The van der Waals surface area contributed by atoms with Crippen LogP contribution in [0.1, 0.15) is 69.3 Å². The standard InChI is InChI=1S/C32H46N4O3.ClH/c1-5-6-16-34-31(38)23(4)17-30(37)28(33)18-25(22(2)3)19-35-32(39)27-21-36(20-24-12-8-7-9-13-24)29-15-11-10-14-26(27)29;/h7-15,21-23,25,28,30,37H,5-6,16-20,33H2,1-4H3,(H,34,38)(H,35,39);1H/t23-,25+,28+,30+;/m1./s1. The number of carbonyl (C=O) groups excluding carboxylic acids is 2. The highest BCUT2D eigenvalue weighted by Gasteiger charge is 2.26. The van der Waals surface area contributed by atoms with Gasteiger partial charge >= 0.3 is 0 Å². The van der Waals surface area contributed by atoms with Crippen LogP contribution in [-0.2, 0) is 11.3 Å². The zero-order valence-electron chi connectivity index (χ0n) is 24.3. The highest BCUT2D eigenvalue weighted by atomic mass is 35.5. The first-order valence-corrected chi connectivity index (χ1v) is 14.3. The van der Waals surface area contributed by atoms with E-state index in [1.54, 1.807) is 0 Å². The summed E-state index contributed by atoms with van der Waals surface area (Å²) in [5.74, 6) is -0.125. The van der Waals surface area contributed by atoms with Gasteiger partial charge in [0.1, 0.15) is 0 Å². The number of halogens is 1. The lowest BCUT2D eigenvalue weighted by atomic mass is 9.86. The van der Waals surface area contributed by atoms with Crippen LogP contribution in [0.25, 0.3) is 10.9 Å². The second-order valence-electron chi connectivity index (χ2n) is 11.1. The molecule has 3 aromatic rings. The SMILES string of the molecule is CCCCNC(=O)[C@H](C)C[C@H](O)[C@@H](N)C[C@@H](CNC(=O)c1cn(Cc2ccccc2)c2ccccc12)C(C)C.Cl. The van der Waals surface area contributed by atoms with Crippen LogP contribution in [0.4, 0.5) is 0 Å². The van der Waals surface area contributed by atoms with E-state index in [0.29, 0.717) is 38.0 Å². The molecular weight excluding hydrogens is 524 g/mol. The summed E-state index contributed by atoms with van der Waals surface area (Å²) >= 11 is 0. The Hall–Kier alpha value is -2.87. The molecule has 5 N–H and O–H groups in total. The highest BCUT2D eigenvalue weighted by molar-refractivity contribution is 6.07. The molecular formula is C32H47ClN4O3. The van der Waals surface area contributed by atoms with E-state index in [0.717, 1.165) is 23.7 Å². The van der Waals surface area contributed by atoms with Crippen LogP contribution in [0.15, 0.2) is 60.8 Å². The van der Waals surface area contributed by atoms with Crippen molar-refractivity contribution in [3.8, 4) is 0 Å². The fourth-order valence-electron chi connectivity index (χ4n) is 4.96. The van der Waals surface area contributed by atoms with Gasteiger partial charge in [0.15, 0.2) is 0 Å². The van der Waals surface area contributed by atoms with Gasteiger partial charge < -0.3 is 26.0 Å². The average Bonchev–Trinajstić information content (AvgIpc) is 3.29. The molecule has 7 nitrogen and oxygen atoms in total. The summed E-state index contributed by atoms with van der Waals surface area (Å²) in [6.45, 7) is 9.91. The molecule has 0 bridgehead atoms. The predicted molar refractivity (Wildman–Crippen MR) is 166 cm³/mol. The summed E-state index contributed by atoms with van der Waals surface area (Å²) in [5, 5.41) is 17.7. The molecule has 0 aliphatic heterocycles. The first kappa shape index (κ1) is 33.3. The van der Waals surface area contributed by atoms with E-state index >= 15 is 0 Å². The Bertz CT molecular complexity index is 1200. The fraction of sp³-hybridized carbons (Fsp3) is 0.500. The van der Waals surface area contributed by atoms with Crippen molar-refractivity contribution in [1.29, 1.82) is 0 Å². The molecule has 1 heterocycles. The first-order chi connectivity index (χ1) is 18.7. The Balaban J connectivity index is 0.00000560. The van der Waals surface area contributed by atoms with Crippen molar-refractivity contribution in [2.45, 2.75) is 72.1 Å². The van der Waals surface area contributed by atoms with Gasteiger partial charge in [-0.25, -0.2) is 0 Å². The molecule has 0 spiro atoms. The molecule has 0 unspecified atom stereocenters. The van der Waals surface area contributed by atoms with Gasteiger partial charge in [0.25, 0.3) is 5.91 Å². The average molecular weight is 571 g/mol. The molecule has 2 aromatic carbocycles. The second kappa shape index (κ2) is 16.4. The lowest BCUT2D eigenvalue weighted by Crippen LogP contribution is -2.42. The lowest BCUT2D eigenvalue weighted by Gasteiger charge is -2.28. The van der Waals surface area contributed by atoms with Gasteiger partial charge in [-0.2, -0.15) is 0 Å². The number of nitrogens with zero attached hydrogens (tertiary/aromatic N) is 1. The predicted octanol–water partition coefficient (Wildman–Crippen LogP) is 5.13. The number of nitrogens with two attached hydrogens (primary N) is 1. The number of benzene rings is 2. The number of unbranched alkanes of at least 4 members (excludes halogenated alkanes) is 1. The number of aromatic nitrogens is 1. The van der Waals surface area contributed by atoms with E-state index in [4.69, 9.17) is 5.73 Å². The van der Waals surface area contributed by atoms with Gasteiger partial charge in [0.2, 0.25) is 5.91 Å². The van der Waals surface area contributed by atoms with E-state index < -0.39 is 12.1 Å².